The maximum atomic E-state index is 8.70. The van der Waals surface area contributed by atoms with Gasteiger partial charge in [0, 0.05) is 15.0 Å². The molecule has 2 heterocycles. The number of methoxy groups -OCH3 is 2. The molecule has 0 saturated carbocycles. The molecule has 6 aromatic carbocycles. The van der Waals surface area contributed by atoms with E-state index in [-0.39, 0.29) is 6.04 Å². The van der Waals surface area contributed by atoms with Crippen molar-refractivity contribution in [1.82, 2.24) is 0 Å². The van der Waals surface area contributed by atoms with Gasteiger partial charge in [-0.05, 0) is 148 Å². The number of aliphatic imine (C=N–C) groups is 2. The molecule has 0 bridgehead atoms. The molecule has 0 radical (unpaired) electrons. The molecular weight excluding hydrogens is 806 g/mol. The molecule has 2 aliphatic rings. The van der Waals surface area contributed by atoms with Crippen LogP contribution in [0.3, 0.4) is 0 Å². The Morgan fingerprint density at radius 1 is 0.536 bits per heavy atom. The Balaban J connectivity index is 0.000000155. The highest BCUT2D eigenvalue weighted by Crippen LogP contribution is 2.34. The molecule has 6 aromatic rings. The van der Waals surface area contributed by atoms with Gasteiger partial charge in [-0.2, -0.15) is 0 Å². The predicted octanol–water partition coefficient (Wildman–Crippen LogP) is 10.3. The lowest BCUT2D eigenvalue weighted by molar-refractivity contribution is 0.414. The molecule has 0 aromatic heterocycles. The number of halogens is 1. The van der Waals surface area contributed by atoms with Crippen LogP contribution in [0.25, 0.3) is 11.1 Å². The van der Waals surface area contributed by atoms with Gasteiger partial charge < -0.3 is 19.5 Å². The van der Waals surface area contributed by atoms with E-state index in [2.05, 4.69) is 146 Å². The van der Waals surface area contributed by atoms with Crippen LogP contribution in [0.1, 0.15) is 71.1 Å². The van der Waals surface area contributed by atoms with Gasteiger partial charge in [0.05, 0.1) is 26.3 Å². The highest BCUT2D eigenvalue weighted by atomic mass is 127. The quantitative estimate of drug-likeness (QED) is 0.118. The van der Waals surface area contributed by atoms with E-state index in [0.717, 1.165) is 31.4 Å². The first-order valence-electron chi connectivity index (χ1n) is 19.0. The van der Waals surface area contributed by atoms with Crippen molar-refractivity contribution in [2.24, 2.45) is 9.98 Å². The molecule has 56 heavy (non-hydrogen) atoms. The average Bonchev–Trinajstić information content (AvgIpc) is 3.94. The number of hydrogen-bond acceptors (Lipinski definition) is 6. The lowest BCUT2D eigenvalue weighted by atomic mass is 9.80. The molecule has 0 amide bonds. The summed E-state index contributed by atoms with van der Waals surface area (Å²) in [6, 6.07) is 50.0. The van der Waals surface area contributed by atoms with Crippen LogP contribution < -0.4 is 14.9 Å². The van der Waals surface area contributed by atoms with Crippen LogP contribution in [0, 0.1) is 17.4 Å². The van der Waals surface area contributed by atoms with E-state index in [1.165, 1.54) is 59.5 Å². The molecule has 0 saturated heterocycles. The fourth-order valence-electron chi connectivity index (χ4n) is 7.01. The summed E-state index contributed by atoms with van der Waals surface area (Å²) in [5, 5.41) is 17.4. The van der Waals surface area contributed by atoms with E-state index in [0.29, 0.717) is 17.3 Å². The van der Waals surface area contributed by atoms with Crippen LogP contribution in [0.5, 0.6) is 11.5 Å². The standard InChI is InChI=1S/C24H23NO.C17H16IN.C7H9BO3/c1-17-5-3-4-6-22(17)24-16-15-23(25-24)20-9-7-18(8-10-20)19-11-13-21(26-2)14-12-19;1-12-4-2-3-5-15(12)17-11-10-16(19-17)13-6-8-14(18)9-7-13;1-11-7-4-2-6(3-5-7)8(9)10/h3-14,23H,15-16H2,1-2H3;2-9,16H,10-11H2,1H3;2-5,9-10H,1H3. The van der Waals surface area contributed by atoms with E-state index in [1.54, 1.807) is 38.5 Å². The second-order valence-electron chi connectivity index (χ2n) is 13.9. The number of rotatable bonds is 8. The van der Waals surface area contributed by atoms with Gasteiger partial charge in [-0.1, -0.05) is 109 Å². The summed E-state index contributed by atoms with van der Waals surface area (Å²) >= 11 is 2.34. The average molecular weight is 855 g/mol. The van der Waals surface area contributed by atoms with Crippen LogP contribution in [0.2, 0.25) is 0 Å². The molecular formula is C48H48BIN2O4. The van der Waals surface area contributed by atoms with Crippen LogP contribution in [0.4, 0.5) is 0 Å². The molecule has 6 nitrogen and oxygen atoms in total. The molecule has 0 aliphatic carbocycles. The molecule has 0 fully saturated rings. The van der Waals surface area contributed by atoms with E-state index >= 15 is 0 Å². The molecule has 0 spiro atoms. The first kappa shape index (κ1) is 40.6. The zero-order valence-electron chi connectivity index (χ0n) is 32.4. The van der Waals surface area contributed by atoms with Crippen molar-refractivity contribution in [2.45, 2.75) is 51.6 Å². The lowest BCUT2D eigenvalue weighted by Gasteiger charge is -2.09. The minimum absolute atomic E-state index is 0.273. The van der Waals surface area contributed by atoms with E-state index in [9.17, 15) is 0 Å². The second-order valence-corrected chi connectivity index (χ2v) is 15.2. The molecule has 2 atom stereocenters. The number of benzene rings is 6. The van der Waals surface area contributed by atoms with E-state index in [1.807, 2.05) is 12.1 Å². The van der Waals surface area contributed by atoms with Gasteiger partial charge in [0.25, 0.3) is 0 Å². The molecule has 284 valence electrons. The third-order valence-electron chi connectivity index (χ3n) is 10.2. The molecule has 8 rings (SSSR count). The van der Waals surface area contributed by atoms with Crippen molar-refractivity contribution in [1.29, 1.82) is 0 Å². The zero-order chi connectivity index (χ0) is 39.4. The van der Waals surface area contributed by atoms with Gasteiger partial charge >= 0.3 is 7.12 Å². The van der Waals surface area contributed by atoms with Crippen molar-refractivity contribution < 1.29 is 19.5 Å². The van der Waals surface area contributed by atoms with Crippen LogP contribution >= 0.6 is 22.6 Å². The Kier molecular flexibility index (Phi) is 14.3. The van der Waals surface area contributed by atoms with Crippen LogP contribution in [-0.2, 0) is 0 Å². The van der Waals surface area contributed by atoms with Crippen molar-refractivity contribution >= 4 is 46.6 Å². The Hall–Kier alpha value is -5.03. The van der Waals surface area contributed by atoms with Crippen molar-refractivity contribution in [2.75, 3.05) is 14.2 Å². The van der Waals surface area contributed by atoms with Gasteiger partial charge in [-0.15, -0.1) is 0 Å². The fraction of sp³-hybridized carbons (Fsp3) is 0.208. The molecule has 2 N–H and O–H groups in total. The smallest absolute Gasteiger partial charge is 0.488 e. The normalized spacial score (nSPS) is 15.7. The summed E-state index contributed by atoms with van der Waals surface area (Å²) in [4.78, 5) is 9.95. The van der Waals surface area contributed by atoms with E-state index < -0.39 is 7.12 Å². The van der Waals surface area contributed by atoms with Crippen LogP contribution in [-0.4, -0.2) is 42.8 Å². The number of ether oxygens (including phenoxy) is 2. The third-order valence-corrected chi connectivity index (χ3v) is 11.0. The predicted molar refractivity (Wildman–Crippen MR) is 240 cm³/mol. The van der Waals surface area contributed by atoms with Crippen molar-refractivity contribution in [3.63, 3.8) is 0 Å². The SMILES string of the molecule is COc1ccc(-c2ccc(C3CCC(c4ccccc4C)=N3)cc2)cc1.COc1ccc(B(O)O)cc1.Cc1ccccc1C1=NC(c2ccc(I)cc2)CC1. The maximum Gasteiger partial charge on any atom is 0.488 e. The highest BCUT2D eigenvalue weighted by Gasteiger charge is 2.22. The Bertz CT molecular complexity index is 2240. The highest BCUT2D eigenvalue weighted by molar-refractivity contribution is 14.1. The second kappa shape index (κ2) is 19.7. The van der Waals surface area contributed by atoms with Gasteiger partial charge in [0.15, 0.2) is 0 Å². The summed E-state index contributed by atoms with van der Waals surface area (Å²) < 4.78 is 11.4. The summed E-state index contributed by atoms with van der Waals surface area (Å²) in [7, 11) is 1.85. The minimum Gasteiger partial charge on any atom is -0.497 e. The molecule has 2 aliphatic heterocycles. The topological polar surface area (TPSA) is 83.6 Å². The zero-order valence-corrected chi connectivity index (χ0v) is 34.6. The lowest BCUT2D eigenvalue weighted by Crippen LogP contribution is -2.29. The summed E-state index contributed by atoms with van der Waals surface area (Å²) in [5.74, 6) is 1.59. The maximum absolute atomic E-state index is 8.70. The van der Waals surface area contributed by atoms with Crippen molar-refractivity contribution in [3.05, 3.63) is 183 Å². The first-order valence-corrected chi connectivity index (χ1v) is 20.1. The molecule has 8 heteroatoms. The first-order chi connectivity index (χ1) is 27.2. The minimum atomic E-state index is -1.40. The van der Waals surface area contributed by atoms with Gasteiger partial charge in [-0.3, -0.25) is 9.98 Å². The Morgan fingerprint density at radius 3 is 1.34 bits per heavy atom. The fourth-order valence-corrected chi connectivity index (χ4v) is 7.37. The number of hydrogen-bond donors (Lipinski definition) is 2. The third kappa shape index (κ3) is 10.6. The van der Waals surface area contributed by atoms with Gasteiger partial charge in [0.2, 0.25) is 0 Å². The summed E-state index contributed by atoms with van der Waals surface area (Å²) in [6.07, 6.45) is 4.35. The van der Waals surface area contributed by atoms with Crippen molar-refractivity contribution in [3.8, 4) is 22.6 Å². The summed E-state index contributed by atoms with van der Waals surface area (Å²) in [5.41, 5.74) is 13.3. The Morgan fingerprint density at radius 2 is 0.929 bits per heavy atom. The monoisotopic (exact) mass is 854 g/mol. The largest absolute Gasteiger partial charge is 0.497 e. The Labute approximate surface area is 345 Å². The number of nitrogens with zero attached hydrogens (tertiary/aromatic N) is 2. The molecule has 2 unspecified atom stereocenters. The van der Waals surface area contributed by atoms with Crippen LogP contribution in [0.15, 0.2) is 156 Å². The summed E-state index contributed by atoms with van der Waals surface area (Å²) in [6.45, 7) is 4.32. The van der Waals surface area contributed by atoms with E-state index in [4.69, 9.17) is 29.5 Å². The number of aryl methyl sites for hydroxylation is 2. The van der Waals surface area contributed by atoms with Gasteiger partial charge in [-0.25, -0.2) is 0 Å². The van der Waals surface area contributed by atoms with Gasteiger partial charge in [0.1, 0.15) is 11.5 Å².